The number of nitrogens with zero attached hydrogens (tertiary/aromatic N) is 2. The Morgan fingerprint density at radius 1 is 1.30 bits per heavy atom. The fourth-order valence-corrected chi connectivity index (χ4v) is 5.25. The van der Waals surface area contributed by atoms with Crippen molar-refractivity contribution in [2.75, 3.05) is 7.05 Å². The minimum Gasteiger partial charge on any atom is -0.313 e. The molecular weight excluding hydrogens is 389 g/mol. The molecular formula is C19H17ClFN3O2S. The summed E-state index contributed by atoms with van der Waals surface area (Å²) in [5.41, 5.74) is 2.34. The second-order valence-electron chi connectivity index (χ2n) is 6.41. The van der Waals surface area contributed by atoms with Gasteiger partial charge in [-0.1, -0.05) is 23.7 Å². The maximum atomic E-state index is 14.6. The third kappa shape index (κ3) is 2.96. The molecule has 0 fully saturated rings. The predicted octanol–water partition coefficient (Wildman–Crippen LogP) is 3.79. The van der Waals surface area contributed by atoms with Crippen molar-refractivity contribution in [1.82, 2.24) is 14.3 Å². The average molecular weight is 406 g/mol. The number of pyridine rings is 1. The van der Waals surface area contributed by atoms with Crippen LogP contribution in [0.25, 0.3) is 11.3 Å². The first-order valence-corrected chi connectivity index (χ1v) is 10.3. The predicted molar refractivity (Wildman–Crippen MR) is 102 cm³/mol. The Morgan fingerprint density at radius 2 is 2.07 bits per heavy atom. The molecule has 1 aliphatic carbocycles. The molecule has 5 nitrogen and oxygen atoms in total. The molecule has 0 saturated heterocycles. The van der Waals surface area contributed by atoms with Gasteiger partial charge in [0.2, 0.25) is 0 Å². The van der Waals surface area contributed by atoms with Gasteiger partial charge in [0.05, 0.1) is 10.7 Å². The van der Waals surface area contributed by atoms with Gasteiger partial charge >= 0.3 is 0 Å². The summed E-state index contributed by atoms with van der Waals surface area (Å²) in [7, 11) is -2.16. The average Bonchev–Trinajstić information content (AvgIpc) is 3.21. The number of aromatic nitrogens is 2. The molecule has 1 aromatic carbocycles. The summed E-state index contributed by atoms with van der Waals surface area (Å²) in [4.78, 5) is 3.84. The van der Waals surface area contributed by atoms with E-state index in [0.29, 0.717) is 12.1 Å². The van der Waals surface area contributed by atoms with Gasteiger partial charge in [-0.05, 0) is 49.2 Å². The molecule has 1 N–H and O–H groups in total. The summed E-state index contributed by atoms with van der Waals surface area (Å²) in [6, 6.07) is 7.57. The highest BCUT2D eigenvalue weighted by Crippen LogP contribution is 2.41. The Morgan fingerprint density at radius 3 is 2.78 bits per heavy atom. The molecule has 0 spiro atoms. The molecule has 2 aromatic heterocycles. The van der Waals surface area contributed by atoms with Crippen molar-refractivity contribution in [3.63, 3.8) is 0 Å². The normalized spacial score (nSPS) is 16.5. The second-order valence-corrected chi connectivity index (χ2v) is 8.66. The van der Waals surface area contributed by atoms with E-state index >= 15 is 0 Å². The molecule has 0 amide bonds. The Balaban J connectivity index is 2.00. The third-order valence-corrected chi connectivity index (χ3v) is 6.72. The highest BCUT2D eigenvalue weighted by Gasteiger charge is 2.33. The molecule has 0 bridgehead atoms. The van der Waals surface area contributed by atoms with Gasteiger partial charge in [-0.3, -0.25) is 4.98 Å². The SMILES string of the molecule is CNC1CCc2c1cn(S(=O)(=O)c1cncc(Cl)c1)c2-c1ccccc1F. The smallest absolute Gasteiger partial charge is 0.269 e. The summed E-state index contributed by atoms with van der Waals surface area (Å²) in [6.07, 6.45) is 5.70. The molecule has 0 aliphatic heterocycles. The van der Waals surface area contributed by atoms with Gasteiger partial charge in [0.15, 0.2) is 0 Å². The lowest BCUT2D eigenvalue weighted by molar-refractivity contribution is 0.578. The quantitative estimate of drug-likeness (QED) is 0.717. The van der Waals surface area contributed by atoms with E-state index in [1.807, 2.05) is 7.05 Å². The molecule has 8 heteroatoms. The van der Waals surface area contributed by atoms with Crippen LogP contribution in [-0.2, 0) is 16.4 Å². The Kier molecular flexibility index (Phi) is 4.53. The van der Waals surface area contributed by atoms with E-state index in [1.165, 1.54) is 24.5 Å². The van der Waals surface area contributed by atoms with Crippen LogP contribution in [0, 0.1) is 5.82 Å². The minimum absolute atomic E-state index is 0.0273. The molecule has 1 atom stereocenters. The van der Waals surface area contributed by atoms with Crippen molar-refractivity contribution in [3.05, 3.63) is 70.9 Å². The van der Waals surface area contributed by atoms with Crippen molar-refractivity contribution < 1.29 is 12.8 Å². The summed E-state index contributed by atoms with van der Waals surface area (Å²) < 4.78 is 42.4. The fraction of sp³-hybridized carbons (Fsp3) is 0.211. The Bertz CT molecular complexity index is 1130. The van der Waals surface area contributed by atoms with Gasteiger partial charge in [0, 0.05) is 30.2 Å². The van der Waals surface area contributed by atoms with Gasteiger partial charge in [-0.2, -0.15) is 0 Å². The monoisotopic (exact) mass is 405 g/mol. The molecule has 4 rings (SSSR count). The number of benzene rings is 1. The molecule has 27 heavy (non-hydrogen) atoms. The standard InChI is InChI=1S/C19H17ClFN3O2S/c1-22-18-7-6-14-16(18)11-24(19(14)15-4-2-3-5-17(15)21)27(25,26)13-8-12(20)9-23-10-13/h2-5,8-11,18,22H,6-7H2,1H3. The number of hydrogen-bond donors (Lipinski definition) is 1. The van der Waals surface area contributed by atoms with E-state index in [-0.39, 0.29) is 21.5 Å². The lowest BCUT2D eigenvalue weighted by atomic mass is 10.1. The van der Waals surface area contributed by atoms with Crippen LogP contribution in [0.15, 0.2) is 53.8 Å². The third-order valence-electron chi connectivity index (χ3n) is 4.88. The van der Waals surface area contributed by atoms with Gasteiger partial charge in [-0.15, -0.1) is 0 Å². The van der Waals surface area contributed by atoms with Crippen molar-refractivity contribution in [2.24, 2.45) is 0 Å². The highest BCUT2D eigenvalue weighted by molar-refractivity contribution is 7.90. The van der Waals surface area contributed by atoms with E-state index in [1.54, 1.807) is 24.4 Å². The fourth-order valence-electron chi connectivity index (χ4n) is 3.62. The van der Waals surface area contributed by atoms with E-state index in [0.717, 1.165) is 21.5 Å². The number of fused-ring (bicyclic) bond motifs is 1. The van der Waals surface area contributed by atoms with E-state index < -0.39 is 15.8 Å². The van der Waals surface area contributed by atoms with E-state index in [4.69, 9.17) is 11.6 Å². The van der Waals surface area contributed by atoms with Crippen LogP contribution in [0.4, 0.5) is 4.39 Å². The Labute approximate surface area is 161 Å². The van der Waals surface area contributed by atoms with Crippen molar-refractivity contribution in [2.45, 2.75) is 23.8 Å². The zero-order valence-corrected chi connectivity index (χ0v) is 16.1. The van der Waals surface area contributed by atoms with Crippen LogP contribution in [0.5, 0.6) is 0 Å². The second kappa shape index (κ2) is 6.74. The van der Waals surface area contributed by atoms with Crippen molar-refractivity contribution in [1.29, 1.82) is 0 Å². The number of rotatable bonds is 4. The molecule has 1 unspecified atom stereocenters. The molecule has 1 aliphatic rings. The lowest BCUT2D eigenvalue weighted by Crippen LogP contribution is -2.16. The van der Waals surface area contributed by atoms with Crippen LogP contribution in [0.1, 0.15) is 23.6 Å². The maximum Gasteiger partial charge on any atom is 0.269 e. The first kappa shape index (κ1) is 18.2. The molecule has 2 heterocycles. The van der Waals surface area contributed by atoms with Gasteiger partial charge in [0.25, 0.3) is 10.0 Å². The Hall–Kier alpha value is -2.22. The van der Waals surface area contributed by atoms with Crippen LogP contribution >= 0.6 is 11.6 Å². The molecule has 3 aromatic rings. The maximum absolute atomic E-state index is 14.6. The number of hydrogen-bond acceptors (Lipinski definition) is 4. The zero-order chi connectivity index (χ0) is 19.2. The number of nitrogens with one attached hydrogen (secondary N) is 1. The molecule has 0 saturated carbocycles. The number of halogens is 2. The summed E-state index contributed by atoms with van der Waals surface area (Å²) in [5.74, 6) is -0.466. The van der Waals surface area contributed by atoms with Gasteiger partial charge in [-0.25, -0.2) is 16.8 Å². The van der Waals surface area contributed by atoms with Crippen LogP contribution < -0.4 is 5.32 Å². The van der Waals surface area contributed by atoms with Crippen molar-refractivity contribution in [3.8, 4) is 11.3 Å². The summed E-state index contributed by atoms with van der Waals surface area (Å²) in [6.45, 7) is 0. The largest absolute Gasteiger partial charge is 0.313 e. The molecule has 0 radical (unpaired) electrons. The summed E-state index contributed by atoms with van der Waals surface area (Å²) in [5, 5.41) is 3.41. The molecule has 140 valence electrons. The lowest BCUT2D eigenvalue weighted by Gasteiger charge is -2.13. The van der Waals surface area contributed by atoms with Gasteiger partial charge < -0.3 is 5.32 Å². The minimum atomic E-state index is -3.99. The van der Waals surface area contributed by atoms with E-state index in [9.17, 15) is 12.8 Å². The zero-order valence-electron chi connectivity index (χ0n) is 14.5. The van der Waals surface area contributed by atoms with Crippen LogP contribution in [-0.4, -0.2) is 24.4 Å². The van der Waals surface area contributed by atoms with Gasteiger partial charge in [0.1, 0.15) is 10.7 Å². The van der Waals surface area contributed by atoms with Crippen LogP contribution in [0.2, 0.25) is 5.02 Å². The highest BCUT2D eigenvalue weighted by atomic mass is 35.5. The van der Waals surface area contributed by atoms with Crippen LogP contribution in [0.3, 0.4) is 0 Å². The first-order valence-electron chi connectivity index (χ1n) is 8.46. The first-order chi connectivity index (χ1) is 12.9. The topological polar surface area (TPSA) is 64.0 Å². The summed E-state index contributed by atoms with van der Waals surface area (Å²) >= 11 is 5.93. The van der Waals surface area contributed by atoms with Crippen molar-refractivity contribution >= 4 is 21.6 Å². The van der Waals surface area contributed by atoms with E-state index in [2.05, 4.69) is 10.3 Å².